The van der Waals surface area contributed by atoms with Crippen LogP contribution in [0, 0.1) is 11.8 Å². The molecule has 0 N–H and O–H groups in total. The number of nitroso groups, excluding NO2 is 1. The molecule has 8 heteroatoms. The predicted octanol–water partition coefficient (Wildman–Crippen LogP) is 5.39. The monoisotopic (exact) mass is 470 g/mol. The highest BCUT2D eigenvalue weighted by molar-refractivity contribution is 7.92. The minimum absolute atomic E-state index is 0.138. The van der Waals surface area contributed by atoms with Crippen molar-refractivity contribution in [2.24, 2.45) is 5.18 Å². The number of pyridine rings is 2. The topological polar surface area (TPSA) is 92.6 Å². The van der Waals surface area contributed by atoms with E-state index in [1.807, 2.05) is 31.2 Å². The fourth-order valence-corrected chi connectivity index (χ4v) is 5.80. The lowest BCUT2D eigenvalue weighted by molar-refractivity contribution is 0.588. The molecular weight excluding hydrogens is 448 g/mol. The van der Waals surface area contributed by atoms with Crippen molar-refractivity contribution in [2.75, 3.05) is 10.8 Å². The van der Waals surface area contributed by atoms with Crippen molar-refractivity contribution in [3.8, 4) is 11.1 Å². The molecule has 2 aromatic carbocycles. The van der Waals surface area contributed by atoms with E-state index in [4.69, 9.17) is 0 Å². The highest BCUT2D eigenvalue weighted by Crippen LogP contribution is 2.41. The van der Waals surface area contributed by atoms with Crippen LogP contribution in [-0.4, -0.2) is 24.9 Å². The van der Waals surface area contributed by atoms with Gasteiger partial charge in [-0.15, -0.1) is 4.91 Å². The SMILES string of the molecule is Cc1ccc(S(=O)(=O)N2CC(Cc3cccc(N=O)c3)c3cc(-c4cccnc4)cnc32)cc1. The first-order chi connectivity index (χ1) is 16.5. The molecule has 4 aromatic rings. The van der Waals surface area contributed by atoms with Crippen LogP contribution in [0.3, 0.4) is 0 Å². The van der Waals surface area contributed by atoms with E-state index in [-0.39, 0.29) is 17.4 Å². The van der Waals surface area contributed by atoms with E-state index < -0.39 is 10.0 Å². The molecule has 0 spiro atoms. The minimum Gasteiger partial charge on any atom is -0.264 e. The number of rotatable bonds is 6. The van der Waals surface area contributed by atoms with Crippen LogP contribution in [0.2, 0.25) is 0 Å². The number of hydrogen-bond acceptors (Lipinski definition) is 6. The Morgan fingerprint density at radius 1 is 1.00 bits per heavy atom. The van der Waals surface area contributed by atoms with Gasteiger partial charge < -0.3 is 0 Å². The van der Waals surface area contributed by atoms with Crippen LogP contribution < -0.4 is 4.31 Å². The van der Waals surface area contributed by atoms with Gasteiger partial charge in [0.1, 0.15) is 11.5 Å². The molecule has 7 nitrogen and oxygen atoms in total. The van der Waals surface area contributed by atoms with Gasteiger partial charge in [0.05, 0.1) is 4.90 Å². The summed E-state index contributed by atoms with van der Waals surface area (Å²) in [6.07, 6.45) is 5.70. The van der Waals surface area contributed by atoms with E-state index in [0.717, 1.165) is 27.8 Å². The molecule has 34 heavy (non-hydrogen) atoms. The highest BCUT2D eigenvalue weighted by atomic mass is 32.2. The van der Waals surface area contributed by atoms with Gasteiger partial charge in [0.2, 0.25) is 0 Å². The maximum atomic E-state index is 13.6. The van der Waals surface area contributed by atoms with Gasteiger partial charge in [-0.1, -0.05) is 35.9 Å². The van der Waals surface area contributed by atoms with Crippen molar-refractivity contribution >= 4 is 21.5 Å². The molecule has 0 fully saturated rings. The number of sulfonamides is 1. The fourth-order valence-electron chi connectivity index (χ4n) is 4.31. The average Bonchev–Trinajstić information content (AvgIpc) is 3.23. The molecule has 3 heterocycles. The smallest absolute Gasteiger partial charge is 0.264 e. The highest BCUT2D eigenvalue weighted by Gasteiger charge is 2.38. The summed E-state index contributed by atoms with van der Waals surface area (Å²) in [5, 5.41) is 3.03. The zero-order chi connectivity index (χ0) is 23.7. The molecule has 0 aliphatic carbocycles. The molecule has 0 bridgehead atoms. The van der Waals surface area contributed by atoms with Crippen molar-refractivity contribution < 1.29 is 8.42 Å². The molecule has 0 radical (unpaired) electrons. The summed E-state index contributed by atoms with van der Waals surface area (Å²) in [6.45, 7) is 2.18. The maximum absolute atomic E-state index is 13.6. The van der Waals surface area contributed by atoms with Crippen molar-refractivity contribution in [3.05, 3.63) is 107 Å². The lowest BCUT2D eigenvalue weighted by Gasteiger charge is -2.19. The van der Waals surface area contributed by atoms with Gasteiger partial charge in [-0.2, -0.15) is 0 Å². The molecule has 1 aliphatic rings. The van der Waals surface area contributed by atoms with Gasteiger partial charge >= 0.3 is 0 Å². The zero-order valence-corrected chi connectivity index (χ0v) is 19.3. The Morgan fingerprint density at radius 3 is 2.56 bits per heavy atom. The molecule has 0 saturated heterocycles. The minimum atomic E-state index is -3.79. The van der Waals surface area contributed by atoms with Crippen LogP contribution >= 0.6 is 0 Å². The second kappa shape index (κ2) is 8.79. The Hall–Kier alpha value is -3.91. The van der Waals surface area contributed by atoms with Crippen LogP contribution in [0.25, 0.3) is 11.1 Å². The lowest BCUT2D eigenvalue weighted by Crippen LogP contribution is -2.30. The first-order valence-corrected chi connectivity index (χ1v) is 12.3. The van der Waals surface area contributed by atoms with Gasteiger partial charge in [-0.05, 0) is 60.5 Å². The van der Waals surface area contributed by atoms with E-state index >= 15 is 0 Å². The second-order valence-electron chi connectivity index (χ2n) is 8.39. The summed E-state index contributed by atoms with van der Waals surface area (Å²) in [5.74, 6) is 0.295. The van der Waals surface area contributed by atoms with Crippen LogP contribution in [-0.2, 0) is 16.4 Å². The molecule has 1 atom stereocenters. The number of hydrogen-bond donors (Lipinski definition) is 0. The molecule has 0 amide bonds. The number of anilines is 1. The molecule has 0 saturated carbocycles. The van der Waals surface area contributed by atoms with Crippen molar-refractivity contribution in [2.45, 2.75) is 24.2 Å². The van der Waals surface area contributed by atoms with Gasteiger partial charge in [0.25, 0.3) is 10.0 Å². The summed E-state index contributed by atoms with van der Waals surface area (Å²) in [4.78, 5) is 20.0. The van der Waals surface area contributed by atoms with E-state index in [0.29, 0.717) is 17.9 Å². The molecule has 1 unspecified atom stereocenters. The second-order valence-corrected chi connectivity index (χ2v) is 10.3. The largest absolute Gasteiger partial charge is 0.265 e. The average molecular weight is 471 g/mol. The predicted molar refractivity (Wildman–Crippen MR) is 132 cm³/mol. The Morgan fingerprint density at radius 2 is 1.82 bits per heavy atom. The summed E-state index contributed by atoms with van der Waals surface area (Å²) < 4.78 is 28.6. The number of aromatic nitrogens is 2. The van der Waals surface area contributed by atoms with Crippen LogP contribution in [0.1, 0.15) is 22.6 Å². The Bertz CT molecular complexity index is 1460. The Balaban J connectivity index is 1.58. The lowest BCUT2D eigenvalue weighted by atomic mass is 9.93. The van der Waals surface area contributed by atoms with Crippen LogP contribution in [0.4, 0.5) is 11.5 Å². The zero-order valence-electron chi connectivity index (χ0n) is 18.5. The third-order valence-corrected chi connectivity index (χ3v) is 7.83. The maximum Gasteiger partial charge on any atom is 0.265 e. The molecule has 5 rings (SSSR count). The number of aryl methyl sites for hydroxylation is 1. The van der Waals surface area contributed by atoms with E-state index in [9.17, 15) is 13.3 Å². The van der Waals surface area contributed by atoms with Gasteiger partial charge in [-0.25, -0.2) is 17.7 Å². The number of nitrogens with zero attached hydrogens (tertiary/aromatic N) is 4. The first-order valence-electron chi connectivity index (χ1n) is 10.9. The fraction of sp³-hybridized carbons (Fsp3) is 0.154. The Kier molecular flexibility index (Phi) is 5.67. The number of benzene rings is 2. The van der Waals surface area contributed by atoms with Crippen molar-refractivity contribution in [1.29, 1.82) is 0 Å². The van der Waals surface area contributed by atoms with Gasteiger partial charge in [-0.3, -0.25) is 4.98 Å². The third-order valence-electron chi connectivity index (χ3n) is 6.06. The van der Waals surface area contributed by atoms with Gasteiger partial charge in [0.15, 0.2) is 0 Å². The third kappa shape index (κ3) is 4.08. The van der Waals surface area contributed by atoms with Crippen LogP contribution in [0.15, 0.2) is 95.4 Å². The van der Waals surface area contributed by atoms with E-state index in [1.54, 1.807) is 61.1 Å². The number of fused-ring (bicyclic) bond motifs is 1. The molecule has 2 aromatic heterocycles. The molecule has 1 aliphatic heterocycles. The first kappa shape index (κ1) is 21.9. The Labute approximate surface area is 198 Å². The summed E-state index contributed by atoms with van der Waals surface area (Å²) in [5.41, 5.74) is 4.87. The quantitative estimate of drug-likeness (QED) is 0.353. The standard InChI is InChI=1S/C26H22N4O3S/c1-18-7-9-24(10-8-18)34(32,33)30-17-22(12-19-4-2-6-23(13-19)29-31)25-14-21(16-28-26(25)30)20-5-3-11-27-15-20/h2-11,13-16,22H,12,17H2,1H3. The van der Waals surface area contributed by atoms with Crippen LogP contribution in [0.5, 0.6) is 0 Å². The van der Waals surface area contributed by atoms with Crippen molar-refractivity contribution in [1.82, 2.24) is 9.97 Å². The summed E-state index contributed by atoms with van der Waals surface area (Å²) in [6, 6.07) is 19.7. The van der Waals surface area contributed by atoms with E-state index in [1.165, 1.54) is 4.31 Å². The summed E-state index contributed by atoms with van der Waals surface area (Å²) >= 11 is 0. The van der Waals surface area contributed by atoms with Crippen molar-refractivity contribution in [3.63, 3.8) is 0 Å². The van der Waals surface area contributed by atoms with E-state index in [2.05, 4.69) is 15.1 Å². The molecular formula is C26H22N4O3S. The normalized spacial score (nSPS) is 15.2. The summed E-state index contributed by atoms with van der Waals surface area (Å²) in [7, 11) is -3.79. The van der Waals surface area contributed by atoms with Gasteiger partial charge in [0, 0.05) is 47.7 Å². The molecule has 170 valence electrons.